The molecule has 0 spiro atoms. The van der Waals surface area contributed by atoms with E-state index in [1.165, 1.54) is 12.1 Å². The molecule has 0 aliphatic rings. The van der Waals surface area contributed by atoms with Crippen molar-refractivity contribution in [3.8, 4) is 0 Å². The van der Waals surface area contributed by atoms with E-state index in [1.807, 2.05) is 30.3 Å². The standard InChI is InChI=1S/C13H11BrN2O3S/c14-10(9-4-2-1-3-5-9)8-15-13(17)11-6-7-12(20-11)16(18)19/h1-7,10H,8H2,(H,15,17). The zero-order valence-corrected chi connectivity index (χ0v) is 12.7. The third-order valence-corrected chi connectivity index (χ3v) is 4.49. The molecule has 20 heavy (non-hydrogen) atoms. The number of nitrogens with one attached hydrogen (secondary N) is 1. The molecule has 1 aromatic heterocycles. The van der Waals surface area contributed by atoms with Crippen molar-refractivity contribution in [3.63, 3.8) is 0 Å². The van der Waals surface area contributed by atoms with Crippen molar-refractivity contribution in [1.82, 2.24) is 5.32 Å². The van der Waals surface area contributed by atoms with Gasteiger partial charge >= 0.3 is 5.00 Å². The predicted octanol–water partition coefficient (Wildman–Crippen LogP) is 3.52. The number of halogens is 1. The van der Waals surface area contributed by atoms with E-state index >= 15 is 0 Å². The Balaban J connectivity index is 1.93. The van der Waals surface area contributed by atoms with E-state index in [0.29, 0.717) is 11.4 Å². The second-order valence-corrected chi connectivity index (χ2v) is 6.15. The van der Waals surface area contributed by atoms with Crippen LogP contribution in [0.5, 0.6) is 0 Å². The molecule has 1 unspecified atom stereocenters. The number of hydrogen-bond acceptors (Lipinski definition) is 4. The minimum Gasteiger partial charge on any atom is -0.350 e. The van der Waals surface area contributed by atoms with Crippen molar-refractivity contribution in [2.24, 2.45) is 0 Å². The van der Waals surface area contributed by atoms with Gasteiger partial charge in [-0.1, -0.05) is 57.6 Å². The van der Waals surface area contributed by atoms with Crippen LogP contribution in [0.4, 0.5) is 5.00 Å². The van der Waals surface area contributed by atoms with Crippen LogP contribution < -0.4 is 5.32 Å². The van der Waals surface area contributed by atoms with Crippen LogP contribution in [0.15, 0.2) is 42.5 Å². The monoisotopic (exact) mass is 354 g/mol. The van der Waals surface area contributed by atoms with Crippen molar-refractivity contribution < 1.29 is 9.72 Å². The second-order valence-electron chi connectivity index (χ2n) is 3.98. The summed E-state index contributed by atoms with van der Waals surface area (Å²) in [5.41, 5.74) is 1.06. The summed E-state index contributed by atoms with van der Waals surface area (Å²) in [5.74, 6) is -0.302. The minimum atomic E-state index is -0.501. The number of amides is 1. The summed E-state index contributed by atoms with van der Waals surface area (Å²) in [7, 11) is 0. The summed E-state index contributed by atoms with van der Waals surface area (Å²) in [5, 5.41) is 13.3. The SMILES string of the molecule is O=C(NCC(Br)c1ccccc1)c1ccc([N+](=O)[O-])s1. The second kappa shape index (κ2) is 6.62. The number of carbonyl (C=O) groups excluding carboxylic acids is 1. The Morgan fingerprint density at radius 3 is 2.60 bits per heavy atom. The Kier molecular flexibility index (Phi) is 4.86. The number of alkyl halides is 1. The molecule has 1 amide bonds. The first kappa shape index (κ1) is 14.7. The first-order valence-corrected chi connectivity index (χ1v) is 7.52. The molecule has 1 atom stereocenters. The van der Waals surface area contributed by atoms with Crippen LogP contribution in [0.2, 0.25) is 0 Å². The normalized spacial score (nSPS) is 11.8. The van der Waals surface area contributed by atoms with Gasteiger partial charge in [0.15, 0.2) is 0 Å². The summed E-state index contributed by atoms with van der Waals surface area (Å²) < 4.78 is 0. The van der Waals surface area contributed by atoms with E-state index in [4.69, 9.17) is 0 Å². The summed E-state index contributed by atoms with van der Waals surface area (Å²) in [6.45, 7) is 0.411. The minimum absolute atomic E-state index is 0.00241. The van der Waals surface area contributed by atoms with E-state index in [1.54, 1.807) is 0 Å². The fourth-order valence-corrected chi connectivity index (χ4v) is 2.80. The van der Waals surface area contributed by atoms with Gasteiger partial charge in [0.25, 0.3) is 5.91 Å². The number of hydrogen-bond donors (Lipinski definition) is 1. The number of nitrogens with zero attached hydrogens (tertiary/aromatic N) is 1. The van der Waals surface area contributed by atoms with Gasteiger partial charge in [0.2, 0.25) is 0 Å². The smallest absolute Gasteiger partial charge is 0.324 e. The Morgan fingerprint density at radius 1 is 1.30 bits per heavy atom. The highest BCUT2D eigenvalue weighted by atomic mass is 79.9. The van der Waals surface area contributed by atoms with Crippen LogP contribution in [0.1, 0.15) is 20.1 Å². The molecule has 0 fully saturated rings. The average Bonchev–Trinajstić information content (AvgIpc) is 2.95. The molecule has 1 heterocycles. The summed E-state index contributed by atoms with van der Waals surface area (Å²) >= 11 is 4.37. The molecule has 0 aliphatic heterocycles. The van der Waals surface area contributed by atoms with Crippen LogP contribution in [0, 0.1) is 10.1 Å². The third kappa shape index (κ3) is 3.64. The van der Waals surface area contributed by atoms with Crippen molar-refractivity contribution in [1.29, 1.82) is 0 Å². The molecular formula is C13H11BrN2O3S. The number of benzene rings is 1. The molecule has 0 saturated carbocycles. The van der Waals surface area contributed by atoms with Gasteiger partial charge in [-0.3, -0.25) is 14.9 Å². The highest BCUT2D eigenvalue weighted by Gasteiger charge is 2.16. The van der Waals surface area contributed by atoms with Crippen molar-refractivity contribution in [2.75, 3.05) is 6.54 Å². The Bertz CT molecular complexity index is 615. The Labute approximate surface area is 127 Å². The lowest BCUT2D eigenvalue weighted by molar-refractivity contribution is -0.380. The molecule has 0 saturated heterocycles. The van der Waals surface area contributed by atoms with Crippen LogP contribution in [-0.2, 0) is 0 Å². The number of thiophene rings is 1. The van der Waals surface area contributed by atoms with E-state index in [0.717, 1.165) is 16.9 Å². The van der Waals surface area contributed by atoms with E-state index in [9.17, 15) is 14.9 Å². The maximum atomic E-state index is 11.9. The molecule has 2 aromatic rings. The molecule has 1 N–H and O–H groups in total. The molecular weight excluding hydrogens is 344 g/mol. The van der Waals surface area contributed by atoms with Gasteiger partial charge in [0.1, 0.15) is 0 Å². The fourth-order valence-electron chi connectivity index (χ4n) is 1.60. The summed E-state index contributed by atoms with van der Waals surface area (Å²) in [6, 6.07) is 12.5. The molecule has 2 rings (SSSR count). The summed E-state index contributed by atoms with van der Waals surface area (Å²) in [4.78, 5) is 22.3. The first-order valence-electron chi connectivity index (χ1n) is 5.79. The van der Waals surface area contributed by atoms with Gasteiger partial charge in [-0.05, 0) is 11.6 Å². The Morgan fingerprint density at radius 2 is 2.00 bits per heavy atom. The molecule has 104 valence electrons. The molecule has 7 heteroatoms. The van der Waals surface area contributed by atoms with Crippen LogP contribution in [0.25, 0.3) is 0 Å². The molecule has 0 aliphatic carbocycles. The highest BCUT2D eigenvalue weighted by Crippen LogP contribution is 2.25. The van der Waals surface area contributed by atoms with E-state index in [-0.39, 0.29) is 15.7 Å². The number of rotatable bonds is 5. The molecule has 0 bridgehead atoms. The molecule has 5 nitrogen and oxygen atoms in total. The average molecular weight is 355 g/mol. The van der Waals surface area contributed by atoms with Crippen LogP contribution in [-0.4, -0.2) is 17.4 Å². The third-order valence-electron chi connectivity index (χ3n) is 2.60. The van der Waals surface area contributed by atoms with Gasteiger partial charge in [-0.25, -0.2) is 0 Å². The lowest BCUT2D eigenvalue weighted by atomic mass is 10.1. The van der Waals surface area contributed by atoms with Crippen LogP contribution in [0.3, 0.4) is 0 Å². The summed E-state index contributed by atoms with van der Waals surface area (Å²) in [6.07, 6.45) is 0. The number of carbonyl (C=O) groups is 1. The van der Waals surface area contributed by atoms with Crippen molar-refractivity contribution in [3.05, 3.63) is 63.0 Å². The lowest BCUT2D eigenvalue weighted by Gasteiger charge is -2.10. The zero-order chi connectivity index (χ0) is 14.5. The van der Waals surface area contributed by atoms with Gasteiger partial charge < -0.3 is 5.32 Å². The van der Waals surface area contributed by atoms with E-state index < -0.39 is 4.92 Å². The maximum Gasteiger partial charge on any atom is 0.324 e. The van der Waals surface area contributed by atoms with Gasteiger partial charge in [0, 0.05) is 12.6 Å². The first-order chi connectivity index (χ1) is 9.58. The van der Waals surface area contributed by atoms with Gasteiger partial charge in [-0.2, -0.15) is 0 Å². The fraction of sp³-hybridized carbons (Fsp3) is 0.154. The zero-order valence-electron chi connectivity index (χ0n) is 10.3. The van der Waals surface area contributed by atoms with Gasteiger partial charge in [-0.15, -0.1) is 0 Å². The van der Waals surface area contributed by atoms with Gasteiger partial charge in [0.05, 0.1) is 14.6 Å². The van der Waals surface area contributed by atoms with Crippen molar-refractivity contribution in [2.45, 2.75) is 4.83 Å². The largest absolute Gasteiger partial charge is 0.350 e. The predicted molar refractivity (Wildman–Crippen MR) is 81.4 cm³/mol. The Hall–Kier alpha value is -1.73. The maximum absolute atomic E-state index is 11.9. The molecule has 1 aromatic carbocycles. The number of nitro groups is 1. The lowest BCUT2D eigenvalue weighted by Crippen LogP contribution is -2.25. The topological polar surface area (TPSA) is 72.2 Å². The van der Waals surface area contributed by atoms with E-state index in [2.05, 4.69) is 21.2 Å². The van der Waals surface area contributed by atoms with Crippen molar-refractivity contribution >= 4 is 38.2 Å². The molecule has 0 radical (unpaired) electrons. The van der Waals surface area contributed by atoms with Crippen LogP contribution >= 0.6 is 27.3 Å². The quantitative estimate of drug-likeness (QED) is 0.507. The highest BCUT2D eigenvalue weighted by molar-refractivity contribution is 9.09.